The van der Waals surface area contributed by atoms with E-state index in [0.29, 0.717) is 16.9 Å². The Kier molecular flexibility index (Phi) is 2.30. The molecular weight excluding hydrogens is 232 g/mol. The number of amides is 2. The fraction of sp³-hybridized carbons (Fsp3) is 0. The summed E-state index contributed by atoms with van der Waals surface area (Å²) in [5, 5.41) is 4.70. The van der Waals surface area contributed by atoms with Gasteiger partial charge in [-0.1, -0.05) is 12.1 Å². The molecule has 5 nitrogen and oxygen atoms in total. The number of carbonyl (C=O) groups excluding carboxylic acids is 2. The van der Waals surface area contributed by atoms with E-state index in [2.05, 4.69) is 5.10 Å². The maximum absolute atomic E-state index is 11.9. The second-order valence-corrected chi connectivity index (χ2v) is 3.73. The summed E-state index contributed by atoms with van der Waals surface area (Å²) in [6, 6.07) is 10.0. The molecule has 2 aromatic rings. The molecule has 2 amide bonds. The van der Waals surface area contributed by atoms with Crippen LogP contribution in [0.4, 0.5) is 0 Å². The highest BCUT2D eigenvalue weighted by Gasteiger charge is 2.35. The molecule has 88 valence electrons. The van der Waals surface area contributed by atoms with Gasteiger partial charge in [-0.25, -0.2) is 0 Å². The van der Waals surface area contributed by atoms with Crippen molar-refractivity contribution in [1.82, 2.24) is 5.01 Å². The highest BCUT2D eigenvalue weighted by Crippen LogP contribution is 2.22. The monoisotopic (exact) mass is 240 g/mol. The van der Waals surface area contributed by atoms with E-state index in [1.165, 1.54) is 12.5 Å². The number of carbonyl (C=O) groups is 2. The molecule has 0 aliphatic carbocycles. The van der Waals surface area contributed by atoms with E-state index >= 15 is 0 Å². The van der Waals surface area contributed by atoms with E-state index in [0.717, 1.165) is 5.01 Å². The van der Waals surface area contributed by atoms with Crippen molar-refractivity contribution in [2.45, 2.75) is 0 Å². The minimum absolute atomic E-state index is 0.374. The molecular formula is C13H8N2O3. The lowest BCUT2D eigenvalue weighted by Crippen LogP contribution is -2.23. The van der Waals surface area contributed by atoms with Crippen LogP contribution in [0.2, 0.25) is 0 Å². The van der Waals surface area contributed by atoms with Gasteiger partial charge < -0.3 is 4.42 Å². The highest BCUT2D eigenvalue weighted by molar-refractivity contribution is 6.21. The molecule has 0 saturated carbocycles. The zero-order valence-electron chi connectivity index (χ0n) is 9.24. The maximum atomic E-state index is 11.9. The molecule has 2 heterocycles. The van der Waals surface area contributed by atoms with Crippen molar-refractivity contribution in [2.75, 3.05) is 0 Å². The molecule has 3 rings (SSSR count). The Balaban J connectivity index is 1.93. The third-order valence-corrected chi connectivity index (χ3v) is 2.62. The van der Waals surface area contributed by atoms with Gasteiger partial charge in [0.25, 0.3) is 11.8 Å². The molecule has 0 unspecified atom stereocenters. The smallest absolute Gasteiger partial charge is 0.282 e. The Morgan fingerprint density at radius 3 is 2.22 bits per heavy atom. The van der Waals surface area contributed by atoms with Crippen LogP contribution in [0.1, 0.15) is 26.5 Å². The quantitative estimate of drug-likeness (QED) is 0.595. The van der Waals surface area contributed by atoms with E-state index in [1.54, 1.807) is 36.4 Å². The number of nitrogens with zero attached hydrogens (tertiary/aromatic N) is 2. The number of fused-ring (bicyclic) bond motifs is 1. The van der Waals surface area contributed by atoms with E-state index in [4.69, 9.17) is 4.42 Å². The zero-order chi connectivity index (χ0) is 12.5. The molecule has 1 aromatic carbocycles. The molecule has 0 radical (unpaired) electrons. The Morgan fingerprint density at radius 2 is 1.67 bits per heavy atom. The van der Waals surface area contributed by atoms with Crippen molar-refractivity contribution in [3.63, 3.8) is 0 Å². The number of benzene rings is 1. The average molecular weight is 240 g/mol. The van der Waals surface area contributed by atoms with Gasteiger partial charge in [0.15, 0.2) is 0 Å². The Labute approximate surface area is 102 Å². The number of hydrogen-bond donors (Lipinski definition) is 0. The molecule has 0 fully saturated rings. The first-order valence-corrected chi connectivity index (χ1v) is 5.32. The van der Waals surface area contributed by atoms with E-state index in [-0.39, 0.29) is 0 Å². The van der Waals surface area contributed by atoms with E-state index < -0.39 is 11.8 Å². The number of imide groups is 1. The fourth-order valence-corrected chi connectivity index (χ4v) is 1.76. The number of hydrazone groups is 1. The molecule has 1 aliphatic rings. The van der Waals surface area contributed by atoms with Crippen LogP contribution in [-0.2, 0) is 0 Å². The van der Waals surface area contributed by atoms with Gasteiger partial charge in [0.05, 0.1) is 23.6 Å². The van der Waals surface area contributed by atoms with Gasteiger partial charge in [-0.3, -0.25) is 9.59 Å². The van der Waals surface area contributed by atoms with Crippen LogP contribution < -0.4 is 0 Å². The third kappa shape index (κ3) is 1.53. The normalized spacial score (nSPS) is 14.6. The van der Waals surface area contributed by atoms with Crippen LogP contribution in [-0.4, -0.2) is 23.0 Å². The summed E-state index contributed by atoms with van der Waals surface area (Å²) < 4.78 is 5.04. The van der Waals surface area contributed by atoms with Crippen molar-refractivity contribution >= 4 is 18.0 Å². The van der Waals surface area contributed by atoms with Gasteiger partial charge in [0.1, 0.15) is 5.76 Å². The predicted octanol–water partition coefficient (Wildman–Crippen LogP) is 1.91. The minimum Gasteiger partial charge on any atom is -0.463 e. The Bertz CT molecular complexity index is 609. The van der Waals surface area contributed by atoms with Gasteiger partial charge in [-0.15, -0.1) is 0 Å². The second-order valence-electron chi connectivity index (χ2n) is 3.73. The first-order chi connectivity index (χ1) is 8.77. The van der Waals surface area contributed by atoms with Crippen molar-refractivity contribution in [3.8, 4) is 0 Å². The fourth-order valence-electron chi connectivity index (χ4n) is 1.76. The highest BCUT2D eigenvalue weighted by atomic mass is 16.3. The Hall–Kier alpha value is -2.69. The second kappa shape index (κ2) is 3.96. The topological polar surface area (TPSA) is 62.9 Å². The van der Waals surface area contributed by atoms with Crippen LogP contribution in [0.25, 0.3) is 0 Å². The summed E-state index contributed by atoms with van der Waals surface area (Å²) in [7, 11) is 0. The van der Waals surface area contributed by atoms with Crippen molar-refractivity contribution in [1.29, 1.82) is 0 Å². The number of furan rings is 1. The largest absolute Gasteiger partial charge is 0.463 e. The number of hydrogen-bond acceptors (Lipinski definition) is 4. The predicted molar refractivity (Wildman–Crippen MR) is 63.2 cm³/mol. The van der Waals surface area contributed by atoms with Gasteiger partial charge in [0, 0.05) is 0 Å². The Morgan fingerprint density at radius 1 is 1.00 bits per heavy atom. The van der Waals surface area contributed by atoms with E-state index in [9.17, 15) is 9.59 Å². The lowest BCUT2D eigenvalue weighted by atomic mass is 10.1. The van der Waals surface area contributed by atoms with Crippen LogP contribution in [0.5, 0.6) is 0 Å². The summed E-state index contributed by atoms with van der Waals surface area (Å²) in [5.41, 5.74) is 0.748. The number of rotatable bonds is 2. The summed E-state index contributed by atoms with van der Waals surface area (Å²) in [6.45, 7) is 0. The molecule has 0 atom stereocenters. The summed E-state index contributed by atoms with van der Waals surface area (Å²) >= 11 is 0. The first kappa shape index (κ1) is 10.5. The molecule has 0 bridgehead atoms. The van der Waals surface area contributed by atoms with Crippen molar-refractivity contribution in [2.24, 2.45) is 5.10 Å². The molecule has 18 heavy (non-hydrogen) atoms. The van der Waals surface area contributed by atoms with Crippen LogP contribution in [0.15, 0.2) is 52.2 Å². The van der Waals surface area contributed by atoms with Gasteiger partial charge in [-0.05, 0) is 24.3 Å². The maximum Gasteiger partial charge on any atom is 0.282 e. The van der Waals surface area contributed by atoms with Crippen LogP contribution in [0.3, 0.4) is 0 Å². The standard InChI is InChI=1S/C13H8N2O3/c16-12-10-5-1-2-6-11(10)13(17)15(12)14-8-9-4-3-7-18-9/h1-8H/b14-8-. The molecule has 1 aliphatic heterocycles. The molecule has 0 N–H and O–H groups in total. The zero-order valence-corrected chi connectivity index (χ0v) is 9.24. The average Bonchev–Trinajstić information content (AvgIpc) is 2.98. The lowest BCUT2D eigenvalue weighted by molar-refractivity contribution is 0.0660. The van der Waals surface area contributed by atoms with Crippen LogP contribution in [0, 0.1) is 0 Å². The van der Waals surface area contributed by atoms with Crippen molar-refractivity contribution in [3.05, 3.63) is 59.5 Å². The summed E-state index contributed by atoms with van der Waals surface area (Å²) in [5.74, 6) is -0.358. The van der Waals surface area contributed by atoms with Gasteiger partial charge >= 0.3 is 0 Å². The molecule has 0 spiro atoms. The summed E-state index contributed by atoms with van der Waals surface area (Å²) in [4.78, 5) is 23.9. The first-order valence-electron chi connectivity index (χ1n) is 5.32. The lowest BCUT2D eigenvalue weighted by Gasteiger charge is -2.04. The SMILES string of the molecule is O=C1c2ccccc2C(=O)N1/N=C\c1ccco1. The van der Waals surface area contributed by atoms with E-state index in [1.807, 2.05) is 0 Å². The summed E-state index contributed by atoms with van der Waals surface area (Å²) in [6.07, 6.45) is 2.82. The molecule has 5 heteroatoms. The van der Waals surface area contributed by atoms with Crippen molar-refractivity contribution < 1.29 is 14.0 Å². The third-order valence-electron chi connectivity index (χ3n) is 2.62. The molecule has 0 saturated heterocycles. The van der Waals surface area contributed by atoms with Crippen LogP contribution >= 0.6 is 0 Å². The minimum atomic E-state index is -0.418. The van der Waals surface area contributed by atoms with Gasteiger partial charge in [-0.2, -0.15) is 10.1 Å². The van der Waals surface area contributed by atoms with Gasteiger partial charge in [0.2, 0.25) is 0 Å². The molecule has 1 aromatic heterocycles.